The number of Topliss-reactive ketones (excluding diaryl/α,β-unsaturated/α-hetero) is 3. The highest BCUT2D eigenvalue weighted by Crippen LogP contribution is 2.34. The van der Waals surface area contributed by atoms with Crippen molar-refractivity contribution in [3.63, 3.8) is 0 Å². The molecule has 488 valence electrons. The lowest BCUT2D eigenvalue weighted by Gasteiger charge is -2.22. The third kappa shape index (κ3) is 18.2. The first kappa shape index (κ1) is 70.0. The molecule has 30 heteroatoms. The quantitative estimate of drug-likeness (QED) is 0.0150. The van der Waals surface area contributed by atoms with Crippen LogP contribution in [0.25, 0.3) is 0 Å². The highest BCUT2D eigenvalue weighted by molar-refractivity contribution is 6.05. The van der Waals surface area contributed by atoms with Gasteiger partial charge >= 0.3 is 0 Å². The van der Waals surface area contributed by atoms with Gasteiger partial charge in [-0.25, -0.2) is 0 Å². The number of rotatable bonds is 33. The second-order valence-corrected chi connectivity index (χ2v) is 21.0. The fourth-order valence-electron chi connectivity index (χ4n) is 9.23. The molecular weight excluding hydrogens is 1200 g/mol. The van der Waals surface area contributed by atoms with Crippen molar-refractivity contribution >= 4 is 52.8 Å². The molecule has 30 nitrogen and oxygen atoms in total. The Balaban J connectivity index is 0.881. The molecule has 0 spiro atoms. The van der Waals surface area contributed by atoms with Gasteiger partial charge in [0.05, 0.1) is 38.9 Å². The van der Waals surface area contributed by atoms with Crippen LogP contribution in [0.15, 0.2) is 99.7 Å². The average Bonchev–Trinajstić information content (AvgIpc) is 0.909. The predicted molar refractivity (Wildman–Crippen MR) is 330 cm³/mol. The number of aromatic hydroxyl groups is 7. The molecule has 0 aliphatic heterocycles. The van der Waals surface area contributed by atoms with Crippen LogP contribution in [0.4, 0.5) is 0 Å². The maximum absolute atomic E-state index is 13.2. The third-order valence-corrected chi connectivity index (χ3v) is 14.5. The van der Waals surface area contributed by atoms with E-state index < -0.39 is 115 Å². The fourth-order valence-corrected chi connectivity index (χ4v) is 9.23. The number of phenolic OH excluding ortho intramolecular Hbond substituents is 4. The molecule has 0 unspecified atom stereocenters. The summed E-state index contributed by atoms with van der Waals surface area (Å²) in [5.74, 6) is -11.2. The summed E-state index contributed by atoms with van der Waals surface area (Å²) in [6.45, 7) is 0.918. The maximum Gasteiger partial charge on any atom is 0.293 e. The number of carbonyl (C=O) groups is 9. The molecule has 92 heavy (non-hydrogen) atoms. The lowest BCUT2D eigenvalue weighted by molar-refractivity contribution is 0.0923. The van der Waals surface area contributed by atoms with E-state index in [0.29, 0.717) is 19.5 Å². The molecule has 0 fully saturated rings. The molecule has 0 saturated carbocycles. The van der Waals surface area contributed by atoms with Crippen LogP contribution in [0.1, 0.15) is 132 Å². The Morgan fingerprint density at radius 3 is 1.00 bits per heavy atom. The second kappa shape index (κ2) is 32.9. The van der Waals surface area contributed by atoms with Crippen molar-refractivity contribution in [1.29, 1.82) is 0 Å². The molecule has 0 aliphatic rings. The summed E-state index contributed by atoms with van der Waals surface area (Å²) < 4.78 is 3.37. The molecule has 3 aromatic carbocycles. The van der Waals surface area contributed by atoms with E-state index in [1.807, 2.05) is 4.90 Å². The smallest absolute Gasteiger partial charge is 0.293 e. The van der Waals surface area contributed by atoms with Crippen LogP contribution >= 0.6 is 0 Å². The topological polar surface area (TPSA) is 449 Å². The molecule has 0 radical (unpaired) electrons. The molecule has 0 bridgehead atoms. The van der Waals surface area contributed by atoms with Gasteiger partial charge in [0.2, 0.25) is 0 Å². The van der Waals surface area contributed by atoms with E-state index in [4.69, 9.17) is 0 Å². The summed E-state index contributed by atoms with van der Waals surface area (Å²) in [6, 6.07) is 14.0. The van der Waals surface area contributed by atoms with Crippen molar-refractivity contribution in [3.8, 4) is 40.2 Å². The van der Waals surface area contributed by atoms with Gasteiger partial charge in [-0.05, 0) is 106 Å². The van der Waals surface area contributed by atoms with Crippen LogP contribution < -0.4 is 53.9 Å². The number of pyridine rings is 3. The molecule has 0 atom stereocenters. The summed E-state index contributed by atoms with van der Waals surface area (Å²) in [4.78, 5) is 154. The van der Waals surface area contributed by atoms with Crippen LogP contribution in [-0.2, 0) is 21.1 Å². The van der Waals surface area contributed by atoms with E-state index in [1.165, 1.54) is 88.3 Å². The first-order valence-corrected chi connectivity index (χ1v) is 28.9. The molecule has 6 rings (SSSR count). The molecule has 0 saturated heterocycles. The fraction of sp³-hybridized carbons (Fsp3) is 0.323. The van der Waals surface area contributed by atoms with Crippen molar-refractivity contribution in [1.82, 2.24) is 55.8 Å². The zero-order chi connectivity index (χ0) is 67.3. The van der Waals surface area contributed by atoms with Crippen molar-refractivity contribution in [2.45, 2.75) is 38.5 Å². The molecule has 14 N–H and O–H groups in total. The number of phenols is 4. The number of aromatic nitrogens is 3. The van der Waals surface area contributed by atoms with Gasteiger partial charge in [-0.2, -0.15) is 0 Å². The van der Waals surface area contributed by atoms with Crippen LogP contribution in [0, 0.1) is 0 Å². The zero-order valence-electron chi connectivity index (χ0n) is 50.4. The van der Waals surface area contributed by atoms with Crippen molar-refractivity contribution < 1.29 is 78.9 Å². The molecule has 0 aliphatic carbocycles. The Morgan fingerprint density at radius 2 is 0.609 bits per heavy atom. The van der Waals surface area contributed by atoms with E-state index in [0.717, 1.165) is 31.9 Å². The summed E-state index contributed by atoms with van der Waals surface area (Å²) in [6.07, 6.45) is 4.64. The molecule has 6 aromatic rings. The van der Waals surface area contributed by atoms with Gasteiger partial charge in [-0.1, -0.05) is 0 Å². The van der Waals surface area contributed by atoms with Gasteiger partial charge in [-0.15, -0.1) is 0 Å². The van der Waals surface area contributed by atoms with E-state index in [9.17, 15) is 93.3 Å². The number of nitrogens with one attached hydrogen (secondary N) is 7. The summed E-state index contributed by atoms with van der Waals surface area (Å²) in [5.41, 5.74) is -3.66. The molecule has 3 aromatic heterocycles. The molecular formula is C62H71N11O19. The number of benzene rings is 3. The average molecular weight is 1270 g/mol. The van der Waals surface area contributed by atoms with Gasteiger partial charge in [0, 0.05) is 122 Å². The Labute approximate surface area is 524 Å². The standard InChI is InChI=1S/C62H71N11O19/c1-70-31-18-38(51(81)60(70)90)45(75)8-5-29-73(30-6-9-46(76)39-19-32-71(2)61(91)52(39)82)34-28-69-58(88)42-17-16-41(49(79)50(42)80)57(87)68-27-25-65-55(85)36-12-10-35(11-13-36)54(84)64-24-26-67-56(86)40-15-14-37(47(77)48(40)78)44(74)7-4-21-63-22-23-66-59(89)43-20-33-72(3)62(92)53(43)83/h10-20,31-33,63,77-83H,4-9,21-30,34H2,1-3H3,(H,64,84)(H,65,85)(H,66,89)(H,67,86)(H,68,87)(H,69,88). The van der Waals surface area contributed by atoms with E-state index in [1.54, 1.807) is 0 Å². The highest BCUT2D eigenvalue weighted by atomic mass is 16.3. The Morgan fingerprint density at radius 1 is 0.326 bits per heavy atom. The number of nitrogens with zero attached hydrogens (tertiary/aromatic N) is 4. The van der Waals surface area contributed by atoms with E-state index in [2.05, 4.69) is 37.2 Å². The first-order valence-electron chi connectivity index (χ1n) is 28.9. The normalized spacial score (nSPS) is 11.0. The zero-order valence-corrected chi connectivity index (χ0v) is 50.4. The van der Waals surface area contributed by atoms with Gasteiger partial charge in [0.25, 0.3) is 52.1 Å². The van der Waals surface area contributed by atoms with Crippen molar-refractivity contribution in [3.05, 3.63) is 166 Å². The number of carbonyl (C=O) groups excluding carboxylic acids is 9. The lowest BCUT2D eigenvalue weighted by Crippen LogP contribution is -2.36. The van der Waals surface area contributed by atoms with Gasteiger partial charge in [0.15, 0.2) is 57.6 Å². The Bertz CT molecular complexity index is 3890. The minimum atomic E-state index is -0.906. The van der Waals surface area contributed by atoms with Gasteiger partial charge in [-0.3, -0.25) is 57.5 Å². The second-order valence-electron chi connectivity index (χ2n) is 21.0. The van der Waals surface area contributed by atoms with Crippen LogP contribution in [0.3, 0.4) is 0 Å². The minimum absolute atomic E-state index is 0.0418. The number of hydrogen-bond acceptors (Lipinski definition) is 21. The van der Waals surface area contributed by atoms with Crippen LogP contribution in [0.5, 0.6) is 40.2 Å². The number of aryl methyl sites for hydroxylation is 3. The van der Waals surface area contributed by atoms with Gasteiger partial charge in [0.1, 0.15) is 0 Å². The van der Waals surface area contributed by atoms with Crippen molar-refractivity contribution in [2.75, 3.05) is 72.0 Å². The minimum Gasteiger partial charge on any atom is -0.504 e. The number of amides is 6. The molecule has 6 amide bonds. The van der Waals surface area contributed by atoms with Crippen molar-refractivity contribution in [2.24, 2.45) is 21.1 Å². The van der Waals surface area contributed by atoms with E-state index in [-0.39, 0.29) is 136 Å². The first-order chi connectivity index (χ1) is 43.8. The van der Waals surface area contributed by atoms with Crippen LogP contribution in [0.2, 0.25) is 0 Å². The summed E-state index contributed by atoms with van der Waals surface area (Å²) >= 11 is 0. The van der Waals surface area contributed by atoms with Gasteiger partial charge < -0.3 is 91.6 Å². The Hall–Kier alpha value is -11.1. The summed E-state index contributed by atoms with van der Waals surface area (Å²) in [7, 11) is 4.27. The number of ketones is 3. The highest BCUT2D eigenvalue weighted by Gasteiger charge is 2.25. The Kier molecular flexibility index (Phi) is 25.0. The third-order valence-electron chi connectivity index (χ3n) is 14.5. The lowest BCUT2D eigenvalue weighted by atomic mass is 10.0. The predicted octanol–water partition coefficient (Wildman–Crippen LogP) is 0.382. The summed E-state index contributed by atoms with van der Waals surface area (Å²) in [5, 5.41) is 91.5. The maximum atomic E-state index is 13.2. The van der Waals surface area contributed by atoms with E-state index >= 15 is 0 Å². The monoisotopic (exact) mass is 1270 g/mol. The largest absolute Gasteiger partial charge is 0.504 e. The molecule has 3 heterocycles. The number of hydrogen-bond donors (Lipinski definition) is 14. The van der Waals surface area contributed by atoms with Crippen LogP contribution in [-0.4, -0.2) is 179 Å². The SMILES string of the molecule is Cn1ccc(C(=O)CCCN(CCCC(=O)c2ccn(C)c(=O)c2O)CCNC(=O)c2ccc(C(=O)NCCNC(=O)c3ccc(C(=O)NCCNC(=O)c4ccc(C(=O)CCCNCCNC(=O)c5ccn(C)c(=O)c5O)c(O)c4O)cc3)c(O)c2O)c(O)c1=O.